The highest BCUT2D eigenvalue weighted by molar-refractivity contribution is 8.16. The van der Waals surface area contributed by atoms with Crippen molar-refractivity contribution in [2.45, 2.75) is 24.6 Å². The maximum Gasteiger partial charge on any atom is 0.247 e. The molecule has 1 aromatic carbocycles. The van der Waals surface area contributed by atoms with E-state index in [2.05, 4.69) is 4.99 Å². The van der Waals surface area contributed by atoms with Crippen LogP contribution < -0.4 is 14.4 Å². The molecule has 2 fully saturated rings. The number of methoxy groups -OCH3 is 2. The fourth-order valence-electron chi connectivity index (χ4n) is 3.06. The van der Waals surface area contributed by atoms with E-state index in [-0.39, 0.29) is 35.1 Å². The number of carbonyl (C=O) groups excluding carboxylic acids is 1. The van der Waals surface area contributed by atoms with Crippen LogP contribution in [0.15, 0.2) is 17.1 Å². The number of benzene rings is 1. The second kappa shape index (κ2) is 7.28. The van der Waals surface area contributed by atoms with Gasteiger partial charge in [0.25, 0.3) is 0 Å². The standard InChI is InChI=1S/C16H19ClN2O5S2/c1-4-15(20)18-16-19(11-7-26(21,22)8-14(11)25-16)10-5-9(17)12(23-2)6-13(10)24-3/h5-6,11,14H,4,7-8H2,1-3H3/t11-,14-/m1/s1. The topological polar surface area (TPSA) is 85.3 Å². The summed E-state index contributed by atoms with van der Waals surface area (Å²) < 4.78 is 34.9. The zero-order chi connectivity index (χ0) is 19.1. The smallest absolute Gasteiger partial charge is 0.247 e. The van der Waals surface area contributed by atoms with Gasteiger partial charge in [-0.1, -0.05) is 30.3 Å². The summed E-state index contributed by atoms with van der Waals surface area (Å²) in [7, 11) is -0.143. The number of amides is 1. The van der Waals surface area contributed by atoms with Crippen LogP contribution >= 0.6 is 23.4 Å². The Morgan fingerprint density at radius 1 is 1.31 bits per heavy atom. The molecule has 1 amide bonds. The molecule has 7 nitrogen and oxygen atoms in total. The molecule has 0 saturated carbocycles. The SMILES string of the molecule is CCC(=O)N=C1S[C@@H]2CS(=O)(=O)C[C@H]2N1c1cc(Cl)c(OC)cc1OC. The molecule has 0 radical (unpaired) electrons. The highest BCUT2D eigenvalue weighted by Gasteiger charge is 2.50. The Bertz CT molecular complexity index is 872. The van der Waals surface area contributed by atoms with Gasteiger partial charge >= 0.3 is 0 Å². The zero-order valence-corrected chi connectivity index (χ0v) is 16.9. The zero-order valence-electron chi connectivity index (χ0n) is 14.6. The lowest BCUT2D eigenvalue weighted by molar-refractivity contribution is -0.117. The molecule has 0 aromatic heterocycles. The molecule has 142 valence electrons. The molecule has 0 N–H and O–H groups in total. The van der Waals surface area contributed by atoms with Crippen LogP contribution in [0.4, 0.5) is 5.69 Å². The van der Waals surface area contributed by atoms with E-state index in [4.69, 9.17) is 21.1 Å². The van der Waals surface area contributed by atoms with Gasteiger partial charge in [-0.2, -0.15) is 4.99 Å². The number of ether oxygens (including phenoxy) is 2. The van der Waals surface area contributed by atoms with Gasteiger partial charge in [0.1, 0.15) is 11.5 Å². The number of fused-ring (bicyclic) bond motifs is 1. The van der Waals surface area contributed by atoms with E-state index in [1.807, 2.05) is 0 Å². The summed E-state index contributed by atoms with van der Waals surface area (Å²) in [6, 6.07) is 2.96. The van der Waals surface area contributed by atoms with E-state index < -0.39 is 9.84 Å². The minimum Gasteiger partial charge on any atom is -0.495 e. The van der Waals surface area contributed by atoms with Gasteiger partial charge in [-0.05, 0) is 6.07 Å². The molecule has 26 heavy (non-hydrogen) atoms. The second-order valence-corrected chi connectivity index (χ2v) is 9.74. The van der Waals surface area contributed by atoms with Crippen LogP contribution in [-0.2, 0) is 14.6 Å². The number of amidine groups is 1. The first-order valence-electron chi connectivity index (χ1n) is 7.99. The lowest BCUT2D eigenvalue weighted by Gasteiger charge is -2.26. The maximum absolute atomic E-state index is 12.1. The van der Waals surface area contributed by atoms with Crippen LogP contribution in [0.5, 0.6) is 11.5 Å². The van der Waals surface area contributed by atoms with Gasteiger partial charge in [0, 0.05) is 17.7 Å². The third-order valence-corrected chi connectivity index (χ3v) is 7.81. The minimum atomic E-state index is -3.15. The number of halogens is 1. The summed E-state index contributed by atoms with van der Waals surface area (Å²) in [5.41, 5.74) is 0.568. The molecule has 2 aliphatic heterocycles. The summed E-state index contributed by atoms with van der Waals surface area (Å²) >= 11 is 7.59. The number of aliphatic imine (C=N–C) groups is 1. The van der Waals surface area contributed by atoms with Crippen molar-refractivity contribution in [3.63, 3.8) is 0 Å². The van der Waals surface area contributed by atoms with Crippen LogP contribution in [0.2, 0.25) is 5.02 Å². The van der Waals surface area contributed by atoms with E-state index >= 15 is 0 Å². The van der Waals surface area contributed by atoms with Gasteiger partial charge in [-0.15, -0.1) is 0 Å². The van der Waals surface area contributed by atoms with Crippen LogP contribution in [0.1, 0.15) is 13.3 Å². The Morgan fingerprint density at radius 2 is 2.00 bits per heavy atom. The number of thioether (sulfide) groups is 1. The van der Waals surface area contributed by atoms with E-state index in [1.165, 1.54) is 26.0 Å². The summed E-state index contributed by atoms with van der Waals surface area (Å²) in [6.07, 6.45) is 0.270. The first-order valence-corrected chi connectivity index (χ1v) is 11.1. The average Bonchev–Trinajstić information content (AvgIpc) is 3.05. The fraction of sp³-hybridized carbons (Fsp3) is 0.500. The van der Waals surface area contributed by atoms with Crippen molar-refractivity contribution < 1.29 is 22.7 Å². The summed E-state index contributed by atoms with van der Waals surface area (Å²) in [5, 5.41) is 0.647. The quantitative estimate of drug-likeness (QED) is 0.741. The minimum absolute atomic E-state index is 0.00317. The number of rotatable bonds is 4. The molecule has 1 aromatic rings. The van der Waals surface area contributed by atoms with Crippen molar-refractivity contribution in [2.75, 3.05) is 30.6 Å². The number of nitrogens with zero attached hydrogens (tertiary/aromatic N) is 2. The van der Waals surface area contributed by atoms with Crippen molar-refractivity contribution in [3.8, 4) is 11.5 Å². The van der Waals surface area contributed by atoms with Gasteiger partial charge in [0.05, 0.1) is 42.5 Å². The van der Waals surface area contributed by atoms with Crippen molar-refractivity contribution >= 4 is 50.0 Å². The van der Waals surface area contributed by atoms with Gasteiger partial charge in [-0.25, -0.2) is 8.42 Å². The predicted molar refractivity (Wildman–Crippen MR) is 104 cm³/mol. The molecule has 2 heterocycles. The Balaban J connectivity index is 2.13. The van der Waals surface area contributed by atoms with Crippen molar-refractivity contribution in [2.24, 2.45) is 4.99 Å². The van der Waals surface area contributed by atoms with Crippen molar-refractivity contribution in [1.29, 1.82) is 0 Å². The van der Waals surface area contributed by atoms with Crippen LogP contribution in [-0.4, -0.2) is 56.5 Å². The molecule has 0 unspecified atom stereocenters. The summed E-state index contributed by atoms with van der Waals surface area (Å²) in [4.78, 5) is 17.8. The molecular weight excluding hydrogens is 400 g/mol. The lowest BCUT2D eigenvalue weighted by atomic mass is 10.2. The monoisotopic (exact) mass is 418 g/mol. The number of sulfone groups is 1. The molecular formula is C16H19ClN2O5S2. The third-order valence-electron chi connectivity index (χ3n) is 4.30. The molecule has 0 bridgehead atoms. The normalized spacial score (nSPS) is 25.4. The Hall–Kier alpha value is -1.45. The number of carbonyl (C=O) groups is 1. The number of anilines is 1. The maximum atomic E-state index is 12.1. The molecule has 3 rings (SSSR count). The van der Waals surface area contributed by atoms with E-state index in [9.17, 15) is 13.2 Å². The second-order valence-electron chi connectivity index (χ2n) is 5.97. The Labute approximate surface area is 161 Å². The van der Waals surface area contributed by atoms with Crippen LogP contribution in [0, 0.1) is 0 Å². The van der Waals surface area contributed by atoms with Crippen molar-refractivity contribution in [1.82, 2.24) is 0 Å². The Morgan fingerprint density at radius 3 is 2.62 bits per heavy atom. The molecule has 2 atom stereocenters. The first-order chi connectivity index (χ1) is 12.3. The van der Waals surface area contributed by atoms with E-state index in [1.54, 1.807) is 24.0 Å². The highest BCUT2D eigenvalue weighted by Crippen LogP contribution is 2.46. The van der Waals surface area contributed by atoms with Crippen molar-refractivity contribution in [3.05, 3.63) is 17.2 Å². The van der Waals surface area contributed by atoms with Gasteiger partial charge in [0.2, 0.25) is 5.91 Å². The average molecular weight is 419 g/mol. The number of hydrogen-bond donors (Lipinski definition) is 0. The molecule has 0 spiro atoms. The molecule has 10 heteroatoms. The highest BCUT2D eigenvalue weighted by atomic mass is 35.5. The largest absolute Gasteiger partial charge is 0.495 e. The summed E-state index contributed by atoms with van der Waals surface area (Å²) in [5.74, 6) is 0.700. The third kappa shape index (κ3) is 3.52. The molecule has 2 saturated heterocycles. The van der Waals surface area contributed by atoms with Crippen LogP contribution in [0.25, 0.3) is 0 Å². The van der Waals surface area contributed by atoms with Gasteiger partial charge < -0.3 is 14.4 Å². The molecule has 0 aliphatic carbocycles. The summed E-state index contributed by atoms with van der Waals surface area (Å²) in [6.45, 7) is 1.73. The van der Waals surface area contributed by atoms with E-state index in [0.717, 1.165) is 0 Å². The fourth-order valence-corrected chi connectivity index (χ4v) is 7.22. The Kier molecular flexibility index (Phi) is 5.41. The van der Waals surface area contributed by atoms with Crippen LogP contribution in [0.3, 0.4) is 0 Å². The van der Waals surface area contributed by atoms with E-state index in [0.29, 0.717) is 27.4 Å². The van der Waals surface area contributed by atoms with Gasteiger partial charge in [0.15, 0.2) is 15.0 Å². The predicted octanol–water partition coefficient (Wildman–Crippen LogP) is 2.37. The number of hydrogen-bond acceptors (Lipinski definition) is 6. The first kappa shape index (κ1) is 19.3. The molecule has 2 aliphatic rings. The van der Waals surface area contributed by atoms with Gasteiger partial charge in [-0.3, -0.25) is 4.79 Å². The lowest BCUT2D eigenvalue weighted by Crippen LogP contribution is -2.38.